The van der Waals surface area contributed by atoms with E-state index in [1.54, 1.807) is 24.3 Å². The molecule has 0 spiro atoms. The van der Waals surface area contributed by atoms with Crippen LogP contribution in [0.1, 0.15) is 29.6 Å². The third kappa shape index (κ3) is 2.45. The minimum atomic E-state index is -2.55. The molecule has 2 aromatic rings. The number of rotatable bonds is 2. The lowest BCUT2D eigenvalue weighted by atomic mass is 9.97. The van der Waals surface area contributed by atoms with Crippen molar-refractivity contribution in [2.45, 2.75) is 24.9 Å². The summed E-state index contributed by atoms with van der Waals surface area (Å²) in [7, 11) is 0. The van der Waals surface area contributed by atoms with Crippen LogP contribution in [0.3, 0.4) is 0 Å². The molecule has 21 heavy (non-hydrogen) atoms. The molecule has 7 heteroatoms. The van der Waals surface area contributed by atoms with Gasteiger partial charge in [-0.2, -0.15) is 10.4 Å². The van der Waals surface area contributed by atoms with Crippen molar-refractivity contribution >= 4 is 17.4 Å². The third-order valence-corrected chi connectivity index (χ3v) is 3.83. The van der Waals surface area contributed by atoms with Crippen LogP contribution < -0.4 is 5.32 Å². The summed E-state index contributed by atoms with van der Waals surface area (Å²) in [5, 5.41) is 16.7. The molecule has 1 aliphatic rings. The normalized spacial score (nSPS) is 20.7. The van der Waals surface area contributed by atoms with E-state index in [0.717, 1.165) is 5.56 Å². The van der Waals surface area contributed by atoms with E-state index in [2.05, 4.69) is 10.4 Å². The van der Waals surface area contributed by atoms with Gasteiger partial charge in [0.2, 0.25) is 0 Å². The van der Waals surface area contributed by atoms with E-state index in [1.807, 2.05) is 6.07 Å². The van der Waals surface area contributed by atoms with Gasteiger partial charge in [-0.1, -0.05) is 23.7 Å². The van der Waals surface area contributed by atoms with Gasteiger partial charge in [-0.3, -0.25) is 0 Å². The first kappa shape index (κ1) is 13.8. The average Bonchev–Trinajstić information content (AvgIpc) is 2.89. The highest BCUT2D eigenvalue weighted by atomic mass is 35.5. The van der Waals surface area contributed by atoms with Gasteiger partial charge < -0.3 is 5.32 Å². The Bertz CT molecular complexity index is 690. The van der Waals surface area contributed by atoms with Crippen LogP contribution in [0.4, 0.5) is 14.6 Å². The number of benzene rings is 1. The molecule has 108 valence electrons. The molecule has 0 saturated carbocycles. The first-order valence-corrected chi connectivity index (χ1v) is 6.75. The van der Waals surface area contributed by atoms with Gasteiger partial charge in [-0.05, 0) is 24.1 Å². The fourth-order valence-corrected chi connectivity index (χ4v) is 2.65. The number of anilines is 1. The van der Waals surface area contributed by atoms with Crippen LogP contribution in [-0.2, 0) is 0 Å². The molecule has 1 aromatic carbocycles. The predicted octanol–water partition coefficient (Wildman–Crippen LogP) is 3.77. The first-order valence-electron chi connectivity index (χ1n) is 6.38. The topological polar surface area (TPSA) is 53.6 Å². The molecule has 2 heterocycles. The zero-order valence-electron chi connectivity index (χ0n) is 10.8. The van der Waals surface area contributed by atoms with Gasteiger partial charge >= 0.3 is 0 Å². The summed E-state index contributed by atoms with van der Waals surface area (Å²) in [4.78, 5) is 0. The maximum absolute atomic E-state index is 13.3. The van der Waals surface area contributed by atoms with Crippen molar-refractivity contribution in [2.75, 3.05) is 5.32 Å². The van der Waals surface area contributed by atoms with E-state index in [9.17, 15) is 8.78 Å². The van der Waals surface area contributed by atoms with Crippen LogP contribution in [0.25, 0.3) is 0 Å². The molecule has 0 unspecified atom stereocenters. The van der Waals surface area contributed by atoms with E-state index >= 15 is 0 Å². The van der Waals surface area contributed by atoms with E-state index in [1.165, 1.54) is 10.9 Å². The molecule has 0 aliphatic carbocycles. The van der Waals surface area contributed by atoms with E-state index in [4.69, 9.17) is 16.9 Å². The van der Waals surface area contributed by atoms with Crippen molar-refractivity contribution in [1.29, 1.82) is 5.26 Å². The largest absolute Gasteiger partial charge is 0.362 e. The molecule has 1 aliphatic heterocycles. The minimum absolute atomic E-state index is 0.193. The fraction of sp³-hybridized carbons (Fsp3) is 0.286. The maximum atomic E-state index is 13.3. The summed E-state index contributed by atoms with van der Waals surface area (Å²) in [6.45, 7) is 0. The zero-order chi connectivity index (χ0) is 15.0. The van der Waals surface area contributed by atoms with Crippen molar-refractivity contribution in [3.05, 3.63) is 46.6 Å². The molecule has 0 amide bonds. The number of nitrogens with one attached hydrogen (secondary N) is 1. The lowest BCUT2D eigenvalue weighted by molar-refractivity contribution is 0.0658. The van der Waals surface area contributed by atoms with Crippen molar-refractivity contribution in [1.82, 2.24) is 9.78 Å². The van der Waals surface area contributed by atoms with Gasteiger partial charge in [0, 0.05) is 5.02 Å². The Kier molecular flexibility index (Phi) is 3.52. The smallest absolute Gasteiger partial charge is 0.260 e. The molecule has 1 aromatic heterocycles. The molecule has 3 rings (SSSR count). The van der Waals surface area contributed by atoms with Crippen LogP contribution in [0.5, 0.6) is 0 Å². The Balaban J connectivity index is 2.00. The van der Waals surface area contributed by atoms with Crippen LogP contribution in [0, 0.1) is 11.3 Å². The number of halogens is 3. The van der Waals surface area contributed by atoms with Gasteiger partial charge in [0.15, 0.2) is 0 Å². The molecule has 2 atom stereocenters. The maximum Gasteiger partial charge on any atom is 0.260 e. The highest BCUT2D eigenvalue weighted by molar-refractivity contribution is 6.30. The molecule has 0 fully saturated rings. The standard InChI is InChI=1S/C14H11ClF2N4/c15-10-3-1-8(2-4-10)11-5-12(13(16)17)21-14(20-11)9(6-18)7-19-21/h1-4,7,11-13,20H,5H2/t11-,12+/m0/s1. The summed E-state index contributed by atoms with van der Waals surface area (Å²) < 4.78 is 27.7. The highest BCUT2D eigenvalue weighted by Gasteiger charge is 2.35. The van der Waals surface area contributed by atoms with Crippen molar-refractivity contribution in [2.24, 2.45) is 0 Å². The van der Waals surface area contributed by atoms with Gasteiger partial charge in [0.25, 0.3) is 6.43 Å². The summed E-state index contributed by atoms with van der Waals surface area (Å²) in [6.07, 6.45) is -1.05. The molecular formula is C14H11ClF2N4. The second-order valence-corrected chi connectivity index (χ2v) is 5.29. The number of alkyl halides is 2. The molecule has 1 N–H and O–H groups in total. The fourth-order valence-electron chi connectivity index (χ4n) is 2.53. The Hall–Kier alpha value is -2.13. The van der Waals surface area contributed by atoms with Crippen molar-refractivity contribution in [3.63, 3.8) is 0 Å². The van der Waals surface area contributed by atoms with Crippen LogP contribution >= 0.6 is 11.6 Å². The Labute approximate surface area is 124 Å². The Morgan fingerprint density at radius 1 is 1.38 bits per heavy atom. The van der Waals surface area contributed by atoms with E-state index in [-0.39, 0.29) is 18.0 Å². The third-order valence-electron chi connectivity index (χ3n) is 3.58. The summed E-state index contributed by atoms with van der Waals surface area (Å²) in [5.74, 6) is 0.342. The van der Waals surface area contributed by atoms with Gasteiger partial charge in [0.1, 0.15) is 23.5 Å². The van der Waals surface area contributed by atoms with Crippen LogP contribution in [0.2, 0.25) is 5.02 Å². The second kappa shape index (κ2) is 5.34. The number of aromatic nitrogens is 2. The molecule has 0 saturated heterocycles. The lowest BCUT2D eigenvalue weighted by Gasteiger charge is -2.32. The number of fused-ring (bicyclic) bond motifs is 1. The monoisotopic (exact) mass is 308 g/mol. The molecule has 4 nitrogen and oxygen atoms in total. The number of hydrogen-bond donors (Lipinski definition) is 1. The average molecular weight is 309 g/mol. The lowest BCUT2D eigenvalue weighted by Crippen LogP contribution is -2.31. The summed E-state index contributed by atoms with van der Waals surface area (Å²) in [6, 6.07) is 7.62. The van der Waals surface area contributed by atoms with Crippen molar-refractivity contribution in [3.8, 4) is 6.07 Å². The summed E-state index contributed by atoms with van der Waals surface area (Å²) in [5.41, 5.74) is 1.11. The second-order valence-electron chi connectivity index (χ2n) is 4.85. The van der Waals surface area contributed by atoms with E-state index < -0.39 is 12.5 Å². The number of nitriles is 1. The molecule has 0 bridgehead atoms. The SMILES string of the molecule is N#Cc1cnn2c1N[C@H](c1ccc(Cl)cc1)C[C@@H]2C(F)F. The van der Waals surface area contributed by atoms with Crippen LogP contribution in [0.15, 0.2) is 30.5 Å². The zero-order valence-corrected chi connectivity index (χ0v) is 11.6. The summed E-state index contributed by atoms with van der Waals surface area (Å²) >= 11 is 5.84. The Morgan fingerprint density at radius 3 is 2.71 bits per heavy atom. The Morgan fingerprint density at radius 2 is 2.10 bits per heavy atom. The van der Waals surface area contributed by atoms with Crippen LogP contribution in [-0.4, -0.2) is 16.2 Å². The van der Waals surface area contributed by atoms with Gasteiger partial charge in [0.05, 0.1) is 12.2 Å². The quantitative estimate of drug-likeness (QED) is 0.918. The first-order chi connectivity index (χ1) is 10.1. The number of nitrogens with zero attached hydrogens (tertiary/aromatic N) is 3. The minimum Gasteiger partial charge on any atom is -0.362 e. The van der Waals surface area contributed by atoms with Crippen molar-refractivity contribution < 1.29 is 8.78 Å². The van der Waals surface area contributed by atoms with Gasteiger partial charge in [-0.15, -0.1) is 0 Å². The number of hydrogen-bond acceptors (Lipinski definition) is 3. The highest BCUT2D eigenvalue weighted by Crippen LogP contribution is 2.39. The molecule has 0 radical (unpaired) electrons. The van der Waals surface area contributed by atoms with E-state index in [0.29, 0.717) is 10.8 Å². The predicted molar refractivity (Wildman–Crippen MR) is 74.4 cm³/mol. The van der Waals surface area contributed by atoms with Gasteiger partial charge in [-0.25, -0.2) is 13.5 Å². The molecular weight excluding hydrogens is 298 g/mol.